The fourth-order valence-electron chi connectivity index (χ4n) is 2.99. The molecule has 0 saturated heterocycles. The largest absolute Gasteiger partial charge is 0.483 e. The van der Waals surface area contributed by atoms with Gasteiger partial charge in [0, 0.05) is 6.04 Å². The standard InChI is InChI=1S/C18H27NO2/c1-13-10-14(2)15(3)17(11-13)21-12-18(20)19-16-8-6-4-5-7-9-16/h10-11,16H,4-9,12H2,1-3H3,(H,19,20). The molecule has 3 nitrogen and oxygen atoms in total. The number of benzene rings is 1. The second-order valence-electron chi connectivity index (χ2n) is 6.25. The van der Waals surface area contributed by atoms with Crippen molar-refractivity contribution in [3.05, 3.63) is 28.8 Å². The first kappa shape index (κ1) is 15.9. The first-order valence-electron chi connectivity index (χ1n) is 8.06. The zero-order valence-corrected chi connectivity index (χ0v) is 13.5. The van der Waals surface area contributed by atoms with E-state index in [1.54, 1.807) is 0 Å². The zero-order chi connectivity index (χ0) is 15.2. The molecule has 0 heterocycles. The van der Waals surface area contributed by atoms with Gasteiger partial charge in [-0.25, -0.2) is 0 Å². The van der Waals surface area contributed by atoms with Gasteiger partial charge in [0.1, 0.15) is 5.75 Å². The van der Waals surface area contributed by atoms with Crippen LogP contribution < -0.4 is 10.1 Å². The van der Waals surface area contributed by atoms with Gasteiger partial charge in [0.05, 0.1) is 0 Å². The molecule has 116 valence electrons. The number of carbonyl (C=O) groups excluding carboxylic acids is 1. The van der Waals surface area contributed by atoms with Crippen LogP contribution in [0, 0.1) is 20.8 Å². The molecule has 1 amide bonds. The lowest BCUT2D eigenvalue weighted by molar-refractivity contribution is -0.123. The van der Waals surface area contributed by atoms with E-state index in [9.17, 15) is 4.79 Å². The Balaban J connectivity index is 1.86. The molecule has 0 radical (unpaired) electrons. The van der Waals surface area contributed by atoms with Crippen LogP contribution in [0.2, 0.25) is 0 Å². The van der Waals surface area contributed by atoms with Gasteiger partial charge in [-0.05, 0) is 56.4 Å². The first-order chi connectivity index (χ1) is 10.1. The smallest absolute Gasteiger partial charge is 0.258 e. The maximum Gasteiger partial charge on any atom is 0.258 e. The Morgan fingerprint density at radius 1 is 1.14 bits per heavy atom. The molecular weight excluding hydrogens is 262 g/mol. The van der Waals surface area contributed by atoms with E-state index in [-0.39, 0.29) is 12.5 Å². The van der Waals surface area contributed by atoms with Gasteiger partial charge < -0.3 is 10.1 Å². The summed E-state index contributed by atoms with van der Waals surface area (Å²) < 4.78 is 5.72. The molecule has 0 bridgehead atoms. The SMILES string of the molecule is Cc1cc(C)c(C)c(OCC(=O)NC2CCCCCC2)c1. The Morgan fingerprint density at radius 2 is 1.81 bits per heavy atom. The van der Waals surface area contributed by atoms with Crippen LogP contribution in [-0.4, -0.2) is 18.6 Å². The Labute approximate surface area is 128 Å². The number of hydrogen-bond donors (Lipinski definition) is 1. The van der Waals surface area contributed by atoms with E-state index in [4.69, 9.17) is 4.74 Å². The number of ether oxygens (including phenoxy) is 1. The van der Waals surface area contributed by atoms with Crippen molar-refractivity contribution in [1.82, 2.24) is 5.32 Å². The molecule has 0 spiro atoms. The molecule has 0 unspecified atom stereocenters. The lowest BCUT2D eigenvalue weighted by atomic mass is 10.1. The number of carbonyl (C=O) groups is 1. The van der Waals surface area contributed by atoms with E-state index in [1.807, 2.05) is 19.9 Å². The number of hydrogen-bond acceptors (Lipinski definition) is 2. The highest BCUT2D eigenvalue weighted by molar-refractivity contribution is 5.77. The van der Waals surface area contributed by atoms with E-state index in [1.165, 1.54) is 31.2 Å². The molecule has 1 saturated carbocycles. The van der Waals surface area contributed by atoms with Gasteiger partial charge in [-0.15, -0.1) is 0 Å². The highest BCUT2D eigenvalue weighted by Crippen LogP contribution is 2.23. The van der Waals surface area contributed by atoms with Crippen LogP contribution in [0.15, 0.2) is 12.1 Å². The molecule has 2 rings (SSSR count). The van der Waals surface area contributed by atoms with Crippen molar-refractivity contribution < 1.29 is 9.53 Å². The minimum atomic E-state index is 0.000425. The second-order valence-corrected chi connectivity index (χ2v) is 6.25. The molecule has 1 aliphatic rings. The van der Waals surface area contributed by atoms with Crippen molar-refractivity contribution in [2.24, 2.45) is 0 Å². The number of nitrogens with one attached hydrogen (secondary N) is 1. The Hall–Kier alpha value is -1.51. The van der Waals surface area contributed by atoms with Gasteiger partial charge in [-0.3, -0.25) is 4.79 Å². The van der Waals surface area contributed by atoms with Crippen molar-refractivity contribution in [1.29, 1.82) is 0 Å². The summed E-state index contributed by atoms with van der Waals surface area (Å²) in [6.45, 7) is 6.26. The normalized spacial score (nSPS) is 16.3. The minimum Gasteiger partial charge on any atom is -0.483 e. The summed E-state index contributed by atoms with van der Waals surface area (Å²) in [4.78, 5) is 12.0. The van der Waals surface area contributed by atoms with Crippen molar-refractivity contribution in [2.45, 2.75) is 65.3 Å². The van der Waals surface area contributed by atoms with Crippen LogP contribution in [0.25, 0.3) is 0 Å². The lowest BCUT2D eigenvalue weighted by Crippen LogP contribution is -2.37. The second kappa shape index (κ2) is 7.48. The Morgan fingerprint density at radius 3 is 2.48 bits per heavy atom. The summed E-state index contributed by atoms with van der Waals surface area (Å²) in [5.74, 6) is 0.823. The van der Waals surface area contributed by atoms with Crippen LogP contribution in [0.5, 0.6) is 5.75 Å². The molecular formula is C18H27NO2. The van der Waals surface area contributed by atoms with Crippen LogP contribution >= 0.6 is 0 Å². The summed E-state index contributed by atoms with van der Waals surface area (Å²) in [6, 6.07) is 4.47. The van der Waals surface area contributed by atoms with Gasteiger partial charge in [0.15, 0.2) is 6.61 Å². The first-order valence-corrected chi connectivity index (χ1v) is 8.06. The third-order valence-corrected chi connectivity index (χ3v) is 4.34. The molecule has 1 fully saturated rings. The highest BCUT2D eigenvalue weighted by atomic mass is 16.5. The summed E-state index contributed by atoms with van der Waals surface area (Å²) in [5, 5.41) is 3.11. The molecule has 1 N–H and O–H groups in total. The fraction of sp³-hybridized carbons (Fsp3) is 0.611. The molecule has 21 heavy (non-hydrogen) atoms. The van der Waals surface area contributed by atoms with Gasteiger partial charge in [0.2, 0.25) is 0 Å². The van der Waals surface area contributed by atoms with Crippen molar-refractivity contribution in [3.8, 4) is 5.75 Å². The Bertz CT molecular complexity index is 488. The van der Waals surface area contributed by atoms with E-state index >= 15 is 0 Å². The molecule has 0 atom stereocenters. The quantitative estimate of drug-likeness (QED) is 0.856. The summed E-state index contributed by atoms with van der Waals surface area (Å²) in [7, 11) is 0. The average Bonchev–Trinajstić information content (AvgIpc) is 2.70. The van der Waals surface area contributed by atoms with E-state index in [0.29, 0.717) is 6.04 Å². The van der Waals surface area contributed by atoms with E-state index in [2.05, 4.69) is 18.3 Å². The molecule has 0 aromatic heterocycles. The molecule has 0 aliphatic heterocycles. The molecule has 1 aromatic rings. The Kier molecular flexibility index (Phi) is 5.66. The maximum atomic E-state index is 12.0. The van der Waals surface area contributed by atoms with Crippen LogP contribution in [0.1, 0.15) is 55.2 Å². The number of rotatable bonds is 4. The number of aryl methyl sites for hydroxylation is 2. The lowest BCUT2D eigenvalue weighted by Gasteiger charge is -2.17. The molecule has 3 heteroatoms. The summed E-state index contributed by atoms with van der Waals surface area (Å²) in [5.41, 5.74) is 3.48. The molecule has 1 aliphatic carbocycles. The van der Waals surface area contributed by atoms with Crippen LogP contribution in [-0.2, 0) is 4.79 Å². The number of amides is 1. The predicted molar refractivity (Wildman–Crippen MR) is 85.8 cm³/mol. The maximum absolute atomic E-state index is 12.0. The highest BCUT2D eigenvalue weighted by Gasteiger charge is 2.15. The van der Waals surface area contributed by atoms with Crippen LogP contribution in [0.3, 0.4) is 0 Å². The fourth-order valence-corrected chi connectivity index (χ4v) is 2.99. The predicted octanol–water partition coefficient (Wildman–Crippen LogP) is 3.83. The summed E-state index contributed by atoms with van der Waals surface area (Å²) >= 11 is 0. The van der Waals surface area contributed by atoms with Crippen molar-refractivity contribution in [3.63, 3.8) is 0 Å². The topological polar surface area (TPSA) is 38.3 Å². The van der Waals surface area contributed by atoms with E-state index in [0.717, 1.165) is 29.7 Å². The van der Waals surface area contributed by atoms with Gasteiger partial charge >= 0.3 is 0 Å². The monoisotopic (exact) mass is 289 g/mol. The average molecular weight is 289 g/mol. The van der Waals surface area contributed by atoms with Crippen LogP contribution in [0.4, 0.5) is 0 Å². The van der Waals surface area contributed by atoms with E-state index < -0.39 is 0 Å². The minimum absolute atomic E-state index is 0.000425. The molecule has 1 aromatic carbocycles. The van der Waals surface area contributed by atoms with Gasteiger partial charge in [0.25, 0.3) is 5.91 Å². The summed E-state index contributed by atoms with van der Waals surface area (Å²) in [6.07, 6.45) is 7.25. The third-order valence-electron chi connectivity index (χ3n) is 4.34. The zero-order valence-electron chi connectivity index (χ0n) is 13.5. The van der Waals surface area contributed by atoms with Gasteiger partial charge in [-0.1, -0.05) is 31.7 Å². The van der Waals surface area contributed by atoms with Gasteiger partial charge in [-0.2, -0.15) is 0 Å². The van der Waals surface area contributed by atoms with Crippen molar-refractivity contribution in [2.75, 3.05) is 6.61 Å². The van der Waals surface area contributed by atoms with Crippen molar-refractivity contribution >= 4 is 5.91 Å². The third kappa shape index (κ3) is 4.76.